The van der Waals surface area contributed by atoms with Gasteiger partial charge >= 0.3 is 0 Å². The molecule has 1 amide bonds. The summed E-state index contributed by atoms with van der Waals surface area (Å²) in [6.07, 6.45) is 6.77. The number of carbonyl (C=O) groups excluding carboxylic acids is 1. The summed E-state index contributed by atoms with van der Waals surface area (Å²) in [6.45, 7) is 0. The third-order valence-corrected chi connectivity index (χ3v) is 4.78. The van der Waals surface area contributed by atoms with Crippen molar-refractivity contribution in [2.24, 2.45) is 0 Å². The molecule has 2 aromatic carbocycles. The first-order valence-electron chi connectivity index (χ1n) is 8.34. The van der Waals surface area contributed by atoms with Gasteiger partial charge in [0.05, 0.1) is 11.6 Å². The van der Waals surface area contributed by atoms with E-state index in [1.807, 2.05) is 48.7 Å². The van der Waals surface area contributed by atoms with Gasteiger partial charge in [-0.25, -0.2) is 0 Å². The van der Waals surface area contributed by atoms with E-state index in [0.29, 0.717) is 5.56 Å². The van der Waals surface area contributed by atoms with Crippen LogP contribution >= 0.6 is 11.8 Å². The predicted octanol–water partition coefficient (Wildman–Crippen LogP) is 4.90. The van der Waals surface area contributed by atoms with Crippen LogP contribution in [0.1, 0.15) is 16.7 Å². The molecule has 1 N–H and O–H groups in total. The van der Waals surface area contributed by atoms with E-state index in [2.05, 4.69) is 16.4 Å². The number of aromatic nitrogens is 1. The highest BCUT2D eigenvalue weighted by atomic mass is 32.2. The van der Waals surface area contributed by atoms with Gasteiger partial charge in [0.1, 0.15) is 0 Å². The van der Waals surface area contributed by atoms with Crippen molar-refractivity contribution >= 4 is 29.4 Å². The highest BCUT2D eigenvalue weighted by Gasteiger charge is 2.00. The van der Waals surface area contributed by atoms with E-state index in [1.165, 1.54) is 11.6 Å². The van der Waals surface area contributed by atoms with Gasteiger partial charge in [0.25, 0.3) is 0 Å². The van der Waals surface area contributed by atoms with E-state index in [4.69, 9.17) is 5.26 Å². The number of nitrogens with one attached hydrogen (secondary N) is 1. The van der Waals surface area contributed by atoms with Crippen LogP contribution in [0.2, 0.25) is 0 Å². The summed E-state index contributed by atoms with van der Waals surface area (Å²) >= 11 is 1.72. The zero-order valence-electron chi connectivity index (χ0n) is 14.5. The maximum atomic E-state index is 12.1. The standard InChI is InChI=1S/C22H17N3OS/c23-14-18-4-1-3-17(13-18)6-11-22(26)25-20-7-9-21(10-8-20)27-16-19-5-2-12-24-15-19/h1-13,15H,16H2,(H,25,26)/b11-6+. The number of hydrogen-bond acceptors (Lipinski definition) is 4. The number of hydrogen-bond donors (Lipinski definition) is 1. The summed E-state index contributed by atoms with van der Waals surface area (Å²) in [6, 6.07) is 20.9. The van der Waals surface area contributed by atoms with Crippen LogP contribution in [0, 0.1) is 11.3 Å². The topological polar surface area (TPSA) is 65.8 Å². The van der Waals surface area contributed by atoms with Gasteiger partial charge in [-0.3, -0.25) is 9.78 Å². The monoisotopic (exact) mass is 371 g/mol. The molecule has 0 aliphatic rings. The maximum absolute atomic E-state index is 12.1. The first-order chi connectivity index (χ1) is 13.2. The van der Waals surface area contributed by atoms with E-state index >= 15 is 0 Å². The number of nitrogens with zero attached hydrogens (tertiary/aromatic N) is 2. The van der Waals surface area contributed by atoms with Gasteiger partial charge < -0.3 is 5.32 Å². The molecule has 0 bridgehead atoms. The Morgan fingerprint density at radius 2 is 2.00 bits per heavy atom. The molecule has 0 fully saturated rings. The van der Waals surface area contributed by atoms with Crippen LogP contribution < -0.4 is 5.32 Å². The van der Waals surface area contributed by atoms with Crippen LogP contribution in [0.5, 0.6) is 0 Å². The van der Waals surface area contributed by atoms with Crippen LogP contribution in [0.25, 0.3) is 6.08 Å². The maximum Gasteiger partial charge on any atom is 0.248 e. The van der Waals surface area contributed by atoms with Crippen LogP contribution in [0.4, 0.5) is 5.69 Å². The quantitative estimate of drug-likeness (QED) is 0.494. The van der Waals surface area contributed by atoms with Gasteiger partial charge in [0.2, 0.25) is 5.91 Å². The van der Waals surface area contributed by atoms with E-state index in [9.17, 15) is 4.79 Å². The number of pyridine rings is 1. The molecule has 4 nitrogen and oxygen atoms in total. The largest absolute Gasteiger partial charge is 0.323 e. The van der Waals surface area contributed by atoms with Crippen molar-refractivity contribution in [3.63, 3.8) is 0 Å². The molecule has 0 aliphatic heterocycles. The molecule has 0 unspecified atom stereocenters. The first kappa shape index (κ1) is 18.4. The zero-order chi connectivity index (χ0) is 18.9. The molecule has 3 rings (SSSR count). The van der Waals surface area contributed by atoms with Gasteiger partial charge in [-0.15, -0.1) is 11.8 Å². The Kier molecular flexibility index (Phi) is 6.40. The summed E-state index contributed by atoms with van der Waals surface area (Å²) in [7, 11) is 0. The van der Waals surface area contributed by atoms with Crippen molar-refractivity contribution in [2.75, 3.05) is 5.32 Å². The highest BCUT2D eigenvalue weighted by molar-refractivity contribution is 7.98. The van der Waals surface area contributed by atoms with Crippen LogP contribution in [-0.2, 0) is 10.5 Å². The summed E-state index contributed by atoms with van der Waals surface area (Å²) in [4.78, 5) is 17.3. The molecule has 1 heterocycles. The summed E-state index contributed by atoms with van der Waals surface area (Å²) < 4.78 is 0. The van der Waals surface area contributed by atoms with Crippen LogP contribution in [0.15, 0.2) is 84.0 Å². The van der Waals surface area contributed by atoms with Gasteiger partial charge in [-0.1, -0.05) is 18.2 Å². The zero-order valence-corrected chi connectivity index (χ0v) is 15.3. The third-order valence-electron chi connectivity index (χ3n) is 3.69. The molecule has 0 aliphatic carbocycles. The summed E-state index contributed by atoms with van der Waals surface area (Å²) in [5.41, 5.74) is 3.29. The minimum absolute atomic E-state index is 0.215. The Bertz CT molecular complexity index is 976. The summed E-state index contributed by atoms with van der Waals surface area (Å²) in [5, 5.41) is 11.7. The molecule has 5 heteroatoms. The lowest BCUT2D eigenvalue weighted by Gasteiger charge is -2.05. The molecule has 3 aromatic rings. The fraction of sp³-hybridized carbons (Fsp3) is 0.0455. The first-order valence-corrected chi connectivity index (χ1v) is 9.32. The van der Waals surface area contributed by atoms with Gasteiger partial charge in [0.15, 0.2) is 0 Å². The average Bonchev–Trinajstić information content (AvgIpc) is 2.73. The van der Waals surface area contributed by atoms with Crippen LogP contribution in [0.3, 0.4) is 0 Å². The fourth-order valence-electron chi connectivity index (χ4n) is 2.35. The molecular formula is C22H17N3OS. The second-order valence-corrected chi connectivity index (χ2v) is 6.78. The Morgan fingerprint density at radius 1 is 1.15 bits per heavy atom. The minimum atomic E-state index is -0.215. The van der Waals surface area contributed by atoms with Crippen molar-refractivity contribution < 1.29 is 4.79 Å². The highest BCUT2D eigenvalue weighted by Crippen LogP contribution is 2.24. The molecule has 0 atom stereocenters. The molecule has 27 heavy (non-hydrogen) atoms. The van der Waals surface area contributed by atoms with Gasteiger partial charge in [-0.05, 0) is 59.7 Å². The van der Waals surface area contributed by atoms with Crippen molar-refractivity contribution in [3.8, 4) is 6.07 Å². The number of amides is 1. The van der Waals surface area contributed by atoms with E-state index in [0.717, 1.165) is 21.9 Å². The molecule has 0 saturated carbocycles. The number of benzene rings is 2. The molecule has 0 spiro atoms. The Hall–Kier alpha value is -3.36. The lowest BCUT2D eigenvalue weighted by atomic mass is 10.1. The van der Waals surface area contributed by atoms with Crippen molar-refractivity contribution in [2.45, 2.75) is 10.6 Å². The molecule has 132 valence electrons. The van der Waals surface area contributed by atoms with E-state index in [-0.39, 0.29) is 5.91 Å². The average molecular weight is 371 g/mol. The molecule has 1 aromatic heterocycles. The number of rotatable bonds is 6. The Labute approximate surface area is 162 Å². The second-order valence-electron chi connectivity index (χ2n) is 5.73. The van der Waals surface area contributed by atoms with Crippen molar-refractivity contribution in [1.29, 1.82) is 5.26 Å². The lowest BCUT2D eigenvalue weighted by molar-refractivity contribution is -0.111. The van der Waals surface area contributed by atoms with Gasteiger partial charge in [-0.2, -0.15) is 5.26 Å². The molecule has 0 radical (unpaired) electrons. The van der Waals surface area contributed by atoms with E-state index in [1.54, 1.807) is 42.2 Å². The normalized spacial score (nSPS) is 10.5. The Morgan fingerprint density at radius 3 is 2.74 bits per heavy atom. The SMILES string of the molecule is N#Cc1cccc(/C=C/C(=O)Nc2ccc(SCc3cccnc3)cc2)c1. The minimum Gasteiger partial charge on any atom is -0.323 e. The Balaban J connectivity index is 1.53. The summed E-state index contributed by atoms with van der Waals surface area (Å²) in [5.74, 6) is 0.637. The van der Waals surface area contributed by atoms with Crippen molar-refractivity contribution in [3.05, 3.63) is 95.8 Å². The molecule has 0 saturated heterocycles. The number of carbonyl (C=O) groups is 1. The number of anilines is 1. The van der Waals surface area contributed by atoms with E-state index < -0.39 is 0 Å². The van der Waals surface area contributed by atoms with Crippen LogP contribution in [-0.4, -0.2) is 10.9 Å². The second kappa shape index (κ2) is 9.37. The third kappa shape index (κ3) is 5.84. The van der Waals surface area contributed by atoms with Gasteiger partial charge in [0, 0.05) is 34.8 Å². The fourth-order valence-corrected chi connectivity index (χ4v) is 3.19. The number of thioether (sulfide) groups is 1. The smallest absolute Gasteiger partial charge is 0.248 e. The predicted molar refractivity (Wildman–Crippen MR) is 109 cm³/mol. The molecular weight excluding hydrogens is 354 g/mol. The van der Waals surface area contributed by atoms with Crippen molar-refractivity contribution in [1.82, 2.24) is 4.98 Å². The number of nitriles is 1. The lowest BCUT2D eigenvalue weighted by Crippen LogP contribution is -2.07.